The minimum absolute atomic E-state index is 0. The summed E-state index contributed by atoms with van der Waals surface area (Å²) in [5.41, 5.74) is 2.58. The van der Waals surface area contributed by atoms with Gasteiger partial charge in [-0.2, -0.15) is 0 Å². The molecule has 0 aliphatic carbocycles. The third-order valence-corrected chi connectivity index (χ3v) is 5.60. The number of fused-ring (bicyclic) bond motifs is 4. The second kappa shape index (κ2) is 9.89. The van der Waals surface area contributed by atoms with Crippen molar-refractivity contribution in [2.45, 2.75) is 46.3 Å². The zero-order valence-corrected chi connectivity index (χ0v) is 20.9. The molecule has 180 valence electrons. The number of ether oxygens (including phenoxy) is 2. The molecule has 0 spiro atoms. The molecule has 2 aromatic heterocycles. The molecule has 4 rings (SSSR count). The standard InChI is InChI=1S/C26H29N3O4.ClH/c1-16-19-15-29(13-8-12-27-25(31)33-26(2,3)4)14-11-17(19)22(24(30)32-5)23-21(16)18-9-6-7-10-20(18)28-23;/h6-7,9-11,14-15H,8,12-13H2,1-5H3,(H,27,31);1H. The molecule has 2 aromatic carbocycles. The summed E-state index contributed by atoms with van der Waals surface area (Å²) in [6.07, 6.45) is 4.31. The number of rotatable bonds is 5. The van der Waals surface area contributed by atoms with E-state index < -0.39 is 17.7 Å². The molecule has 0 saturated carbocycles. The molecule has 8 heteroatoms. The van der Waals surface area contributed by atoms with Crippen LogP contribution in [0.25, 0.3) is 32.6 Å². The first-order chi connectivity index (χ1) is 15.7. The van der Waals surface area contributed by atoms with Crippen LogP contribution in [0.2, 0.25) is 0 Å². The molecule has 0 unspecified atom stereocenters. The first kappa shape index (κ1) is 25.3. The summed E-state index contributed by atoms with van der Waals surface area (Å²) in [5, 5.41) is 6.58. The van der Waals surface area contributed by atoms with Crippen molar-refractivity contribution in [3.63, 3.8) is 0 Å². The van der Waals surface area contributed by atoms with E-state index in [-0.39, 0.29) is 12.4 Å². The molecular formula is C26H30ClN3O4. The topological polar surface area (TPSA) is 82.5 Å². The predicted octanol–water partition coefficient (Wildman–Crippen LogP) is 5.77. The van der Waals surface area contributed by atoms with Gasteiger partial charge >= 0.3 is 12.1 Å². The Morgan fingerprint density at radius 1 is 1.09 bits per heavy atom. The number of aromatic nitrogens is 2. The number of esters is 1. The van der Waals surface area contributed by atoms with Gasteiger partial charge in [-0.15, -0.1) is 12.4 Å². The first-order valence-electron chi connectivity index (χ1n) is 11.1. The molecular weight excluding hydrogens is 454 g/mol. The lowest BCUT2D eigenvalue weighted by atomic mass is 9.96. The van der Waals surface area contributed by atoms with E-state index in [1.807, 2.05) is 63.5 Å². The van der Waals surface area contributed by atoms with Gasteiger partial charge < -0.3 is 19.4 Å². The highest BCUT2D eigenvalue weighted by Crippen LogP contribution is 2.37. The monoisotopic (exact) mass is 483 g/mol. The molecule has 1 N–H and O–H groups in total. The van der Waals surface area contributed by atoms with Gasteiger partial charge in [-0.3, -0.25) is 0 Å². The lowest BCUT2D eigenvalue weighted by Gasteiger charge is -2.19. The molecule has 4 aromatic rings. The molecule has 1 amide bonds. The number of amides is 1. The second-order valence-corrected chi connectivity index (χ2v) is 9.14. The Morgan fingerprint density at radius 3 is 2.53 bits per heavy atom. The Kier molecular flexibility index (Phi) is 7.36. The molecule has 0 radical (unpaired) electrons. The highest BCUT2D eigenvalue weighted by atomic mass is 35.5. The minimum atomic E-state index is -0.517. The van der Waals surface area contributed by atoms with Crippen LogP contribution in [0.1, 0.15) is 43.1 Å². The molecule has 0 fully saturated rings. The Labute approximate surface area is 204 Å². The number of nitrogens with one attached hydrogen (secondary N) is 1. The summed E-state index contributed by atoms with van der Waals surface area (Å²) in [6.45, 7) is 8.79. The number of para-hydroxylation sites is 1. The summed E-state index contributed by atoms with van der Waals surface area (Å²) in [5.74, 6) is -0.396. The van der Waals surface area contributed by atoms with Crippen molar-refractivity contribution < 1.29 is 19.1 Å². The Morgan fingerprint density at radius 2 is 1.82 bits per heavy atom. The molecule has 0 aliphatic rings. The number of halogens is 1. The minimum Gasteiger partial charge on any atom is -0.465 e. The van der Waals surface area contributed by atoms with Gasteiger partial charge in [-0.05, 0) is 51.8 Å². The van der Waals surface area contributed by atoms with Crippen LogP contribution in [0.3, 0.4) is 0 Å². The van der Waals surface area contributed by atoms with Crippen LogP contribution in [0.4, 0.5) is 4.79 Å². The lowest BCUT2D eigenvalue weighted by Crippen LogP contribution is -2.33. The van der Waals surface area contributed by atoms with E-state index in [0.717, 1.165) is 39.0 Å². The van der Waals surface area contributed by atoms with Crippen LogP contribution >= 0.6 is 12.4 Å². The van der Waals surface area contributed by atoms with Gasteiger partial charge in [-0.25, -0.2) is 14.6 Å². The van der Waals surface area contributed by atoms with Crippen molar-refractivity contribution >= 4 is 57.0 Å². The molecule has 0 aliphatic heterocycles. The number of pyridine rings is 1. The molecule has 0 atom stereocenters. The maximum atomic E-state index is 12.8. The average molecular weight is 484 g/mol. The zero-order chi connectivity index (χ0) is 23.8. The molecule has 2 heterocycles. The quantitative estimate of drug-likeness (QED) is 0.287. The van der Waals surface area contributed by atoms with Crippen molar-refractivity contribution in [2.24, 2.45) is 0 Å². The molecule has 7 nitrogen and oxygen atoms in total. The number of aryl methyl sites for hydroxylation is 2. The number of alkyl carbamates (subject to hydrolysis) is 1. The van der Waals surface area contributed by atoms with E-state index in [4.69, 9.17) is 14.5 Å². The van der Waals surface area contributed by atoms with Crippen LogP contribution in [0, 0.1) is 6.92 Å². The Balaban J connectivity index is 0.00000324. The Bertz CT molecular complexity index is 1370. The molecule has 0 saturated heterocycles. The normalized spacial score (nSPS) is 11.4. The van der Waals surface area contributed by atoms with Crippen LogP contribution in [0.5, 0.6) is 0 Å². The number of carbonyl (C=O) groups is 2. The van der Waals surface area contributed by atoms with E-state index in [1.165, 1.54) is 7.11 Å². The predicted molar refractivity (Wildman–Crippen MR) is 137 cm³/mol. The number of benzene rings is 2. The van der Waals surface area contributed by atoms with E-state index in [2.05, 4.69) is 16.8 Å². The van der Waals surface area contributed by atoms with Gasteiger partial charge in [-0.1, -0.05) is 18.2 Å². The van der Waals surface area contributed by atoms with Gasteiger partial charge in [0.25, 0.3) is 0 Å². The number of hydrogen-bond donors (Lipinski definition) is 1. The highest BCUT2D eigenvalue weighted by molar-refractivity contribution is 6.23. The SMILES string of the molecule is COC(=O)c1c2ccn(CCCNC(=O)OC(C)(C)C)cc2c(C)c2c1nc1ccccc12.Cl. The van der Waals surface area contributed by atoms with Crippen molar-refractivity contribution in [3.05, 3.63) is 53.9 Å². The number of methoxy groups -OCH3 is 1. The first-order valence-corrected chi connectivity index (χ1v) is 11.1. The van der Waals surface area contributed by atoms with Crippen LogP contribution in [-0.4, -0.2) is 40.9 Å². The second-order valence-electron chi connectivity index (χ2n) is 9.14. The van der Waals surface area contributed by atoms with Gasteiger partial charge in [0.15, 0.2) is 0 Å². The van der Waals surface area contributed by atoms with E-state index in [9.17, 15) is 9.59 Å². The summed E-state index contributed by atoms with van der Waals surface area (Å²) in [6, 6.07) is 9.85. The van der Waals surface area contributed by atoms with Crippen LogP contribution in [-0.2, 0) is 16.0 Å². The molecule has 0 bridgehead atoms. The smallest absolute Gasteiger partial charge is 0.407 e. The highest BCUT2D eigenvalue weighted by Gasteiger charge is 2.22. The fourth-order valence-electron chi connectivity index (χ4n) is 4.18. The van der Waals surface area contributed by atoms with Gasteiger partial charge in [0, 0.05) is 47.0 Å². The van der Waals surface area contributed by atoms with Crippen LogP contribution < -0.4 is 5.32 Å². The summed E-state index contributed by atoms with van der Waals surface area (Å²) >= 11 is 0. The van der Waals surface area contributed by atoms with Crippen molar-refractivity contribution in [3.8, 4) is 0 Å². The average Bonchev–Trinajstić information content (AvgIpc) is 3.15. The van der Waals surface area contributed by atoms with Crippen LogP contribution in [0.15, 0.2) is 42.7 Å². The van der Waals surface area contributed by atoms with Crippen molar-refractivity contribution in [1.29, 1.82) is 0 Å². The summed E-state index contributed by atoms with van der Waals surface area (Å²) < 4.78 is 12.5. The van der Waals surface area contributed by atoms with Crippen molar-refractivity contribution in [2.75, 3.05) is 13.7 Å². The van der Waals surface area contributed by atoms with E-state index in [1.54, 1.807) is 0 Å². The van der Waals surface area contributed by atoms with Gasteiger partial charge in [0.05, 0.1) is 23.7 Å². The fourth-order valence-corrected chi connectivity index (χ4v) is 4.18. The number of carbonyl (C=O) groups excluding carboxylic acids is 2. The zero-order valence-electron chi connectivity index (χ0n) is 20.1. The largest absolute Gasteiger partial charge is 0.465 e. The van der Waals surface area contributed by atoms with E-state index in [0.29, 0.717) is 24.2 Å². The van der Waals surface area contributed by atoms with Gasteiger partial charge in [0.2, 0.25) is 0 Å². The third-order valence-electron chi connectivity index (χ3n) is 5.60. The third kappa shape index (κ3) is 4.94. The number of hydrogen-bond acceptors (Lipinski definition) is 5. The maximum Gasteiger partial charge on any atom is 0.407 e. The summed E-state index contributed by atoms with van der Waals surface area (Å²) in [7, 11) is 1.39. The van der Waals surface area contributed by atoms with E-state index >= 15 is 0 Å². The van der Waals surface area contributed by atoms with Crippen molar-refractivity contribution in [1.82, 2.24) is 14.9 Å². The van der Waals surface area contributed by atoms with Gasteiger partial charge in [0.1, 0.15) is 5.60 Å². The lowest BCUT2D eigenvalue weighted by molar-refractivity contribution is 0.0525. The summed E-state index contributed by atoms with van der Waals surface area (Å²) in [4.78, 5) is 29.4. The maximum absolute atomic E-state index is 12.8. The fraction of sp³-hybridized carbons (Fsp3) is 0.346. The molecule has 34 heavy (non-hydrogen) atoms. The number of nitrogens with zero attached hydrogens (tertiary/aromatic N) is 2. The Hall–Kier alpha value is -3.32.